The van der Waals surface area contributed by atoms with E-state index in [1.807, 2.05) is 55.5 Å². The number of hydrogen-bond donors (Lipinski definition) is 3. The Balaban J connectivity index is 2.14. The molecule has 0 saturated carbocycles. The van der Waals surface area contributed by atoms with Crippen LogP contribution >= 0.6 is 0 Å². The summed E-state index contributed by atoms with van der Waals surface area (Å²) in [6.07, 6.45) is 0.187. The van der Waals surface area contributed by atoms with Crippen LogP contribution in [0.15, 0.2) is 48.5 Å². The standard InChI is InChI=1S/C15H18N2O/c1-2-15(18)17-14-9-5-12(6-10-14)11-3-7-13(16)8-4-11/h3-10,15,17-18H,2,16H2,1H3. The van der Waals surface area contributed by atoms with Gasteiger partial charge in [0.05, 0.1) is 0 Å². The predicted octanol–water partition coefficient (Wildman–Crippen LogP) is 3.08. The molecule has 3 heteroatoms. The van der Waals surface area contributed by atoms with E-state index in [1.165, 1.54) is 0 Å². The molecule has 0 aliphatic rings. The van der Waals surface area contributed by atoms with Crippen molar-refractivity contribution in [2.45, 2.75) is 19.6 Å². The van der Waals surface area contributed by atoms with Crippen LogP contribution in [0, 0.1) is 0 Å². The van der Waals surface area contributed by atoms with Crippen LogP contribution in [0.1, 0.15) is 13.3 Å². The van der Waals surface area contributed by atoms with E-state index in [1.54, 1.807) is 0 Å². The molecule has 0 fully saturated rings. The number of benzene rings is 2. The molecule has 2 aromatic carbocycles. The first-order chi connectivity index (χ1) is 8.69. The lowest BCUT2D eigenvalue weighted by molar-refractivity contribution is 0.199. The van der Waals surface area contributed by atoms with Crippen molar-refractivity contribution in [3.8, 4) is 11.1 Å². The fraction of sp³-hybridized carbons (Fsp3) is 0.200. The molecule has 3 nitrogen and oxygen atoms in total. The Bertz CT molecular complexity index is 491. The molecule has 0 aliphatic carbocycles. The third kappa shape index (κ3) is 3.02. The minimum absolute atomic E-state index is 0.493. The van der Waals surface area contributed by atoms with Gasteiger partial charge >= 0.3 is 0 Å². The monoisotopic (exact) mass is 242 g/mol. The van der Waals surface area contributed by atoms with E-state index in [2.05, 4.69) is 5.32 Å². The van der Waals surface area contributed by atoms with Crippen LogP contribution in [0.4, 0.5) is 11.4 Å². The van der Waals surface area contributed by atoms with Gasteiger partial charge < -0.3 is 16.2 Å². The van der Waals surface area contributed by atoms with E-state index in [-0.39, 0.29) is 0 Å². The highest BCUT2D eigenvalue weighted by atomic mass is 16.3. The van der Waals surface area contributed by atoms with Gasteiger partial charge in [-0.25, -0.2) is 0 Å². The highest BCUT2D eigenvalue weighted by Crippen LogP contribution is 2.22. The van der Waals surface area contributed by atoms with Gasteiger partial charge in [0.25, 0.3) is 0 Å². The summed E-state index contributed by atoms with van der Waals surface area (Å²) in [6.45, 7) is 1.93. The molecule has 1 atom stereocenters. The molecule has 0 aliphatic heterocycles. The van der Waals surface area contributed by atoms with E-state index >= 15 is 0 Å². The molecular weight excluding hydrogens is 224 g/mol. The summed E-state index contributed by atoms with van der Waals surface area (Å²) >= 11 is 0. The van der Waals surface area contributed by atoms with E-state index in [4.69, 9.17) is 5.73 Å². The normalized spacial score (nSPS) is 12.1. The molecule has 1 unspecified atom stereocenters. The average Bonchev–Trinajstić information content (AvgIpc) is 2.40. The fourth-order valence-electron chi connectivity index (χ4n) is 1.73. The zero-order chi connectivity index (χ0) is 13.0. The zero-order valence-electron chi connectivity index (χ0n) is 10.4. The number of hydrogen-bond acceptors (Lipinski definition) is 3. The Morgan fingerprint density at radius 1 is 1.00 bits per heavy atom. The number of nitrogen functional groups attached to an aromatic ring is 1. The van der Waals surface area contributed by atoms with Crippen LogP contribution < -0.4 is 11.1 Å². The Labute approximate surface area is 107 Å². The van der Waals surface area contributed by atoms with Gasteiger partial charge in [0, 0.05) is 11.4 Å². The summed E-state index contributed by atoms with van der Waals surface area (Å²) in [5.41, 5.74) is 9.61. The van der Waals surface area contributed by atoms with Crippen LogP contribution in [-0.4, -0.2) is 11.3 Å². The highest BCUT2D eigenvalue weighted by Gasteiger charge is 2.01. The van der Waals surface area contributed by atoms with Gasteiger partial charge in [-0.3, -0.25) is 0 Å². The van der Waals surface area contributed by atoms with Crippen molar-refractivity contribution in [2.75, 3.05) is 11.1 Å². The topological polar surface area (TPSA) is 58.3 Å². The molecule has 0 aromatic heterocycles. The summed E-state index contributed by atoms with van der Waals surface area (Å²) in [4.78, 5) is 0. The van der Waals surface area contributed by atoms with Crippen molar-refractivity contribution < 1.29 is 5.11 Å². The number of anilines is 2. The maximum atomic E-state index is 9.50. The van der Waals surface area contributed by atoms with Gasteiger partial charge in [-0.1, -0.05) is 31.2 Å². The average molecular weight is 242 g/mol. The Morgan fingerprint density at radius 2 is 1.50 bits per heavy atom. The van der Waals surface area contributed by atoms with Crippen LogP contribution in [0.5, 0.6) is 0 Å². The molecule has 4 N–H and O–H groups in total. The SMILES string of the molecule is CCC(O)Nc1ccc(-c2ccc(N)cc2)cc1. The number of nitrogens with one attached hydrogen (secondary N) is 1. The minimum Gasteiger partial charge on any atom is -0.399 e. The maximum absolute atomic E-state index is 9.50. The van der Waals surface area contributed by atoms with Crippen LogP contribution in [0.25, 0.3) is 11.1 Å². The van der Waals surface area contributed by atoms with E-state index in [0.717, 1.165) is 22.5 Å². The summed E-state index contributed by atoms with van der Waals surface area (Å²) in [7, 11) is 0. The van der Waals surface area contributed by atoms with Crippen LogP contribution in [-0.2, 0) is 0 Å². The molecule has 94 valence electrons. The highest BCUT2D eigenvalue weighted by molar-refractivity contribution is 5.67. The van der Waals surface area contributed by atoms with Gasteiger partial charge in [0.1, 0.15) is 6.23 Å². The molecule has 0 heterocycles. The molecule has 0 saturated heterocycles. The number of aliphatic hydroxyl groups excluding tert-OH is 1. The van der Waals surface area contributed by atoms with Gasteiger partial charge in [0.15, 0.2) is 0 Å². The quantitative estimate of drug-likeness (QED) is 0.570. The predicted molar refractivity (Wildman–Crippen MR) is 76.2 cm³/mol. The van der Waals surface area contributed by atoms with Crippen LogP contribution in [0.3, 0.4) is 0 Å². The Hall–Kier alpha value is -2.00. The van der Waals surface area contributed by atoms with Crippen LogP contribution in [0.2, 0.25) is 0 Å². The molecule has 0 radical (unpaired) electrons. The number of nitrogens with two attached hydrogens (primary N) is 1. The molecule has 0 amide bonds. The van der Waals surface area contributed by atoms with Crippen molar-refractivity contribution >= 4 is 11.4 Å². The first-order valence-electron chi connectivity index (χ1n) is 6.09. The molecule has 0 spiro atoms. The van der Waals surface area contributed by atoms with Crippen molar-refractivity contribution in [3.05, 3.63) is 48.5 Å². The zero-order valence-corrected chi connectivity index (χ0v) is 10.4. The summed E-state index contributed by atoms with van der Waals surface area (Å²) in [6, 6.07) is 15.8. The lowest BCUT2D eigenvalue weighted by atomic mass is 10.1. The summed E-state index contributed by atoms with van der Waals surface area (Å²) in [5.74, 6) is 0. The first-order valence-corrected chi connectivity index (χ1v) is 6.09. The largest absolute Gasteiger partial charge is 0.399 e. The van der Waals surface area contributed by atoms with E-state index in [9.17, 15) is 5.11 Å². The lowest BCUT2D eigenvalue weighted by Crippen LogP contribution is -2.16. The second kappa shape index (κ2) is 5.56. The molecular formula is C15H18N2O. The van der Waals surface area contributed by atoms with Crippen molar-refractivity contribution in [1.29, 1.82) is 0 Å². The van der Waals surface area contributed by atoms with Crippen molar-refractivity contribution in [2.24, 2.45) is 0 Å². The van der Waals surface area contributed by atoms with Crippen molar-refractivity contribution in [3.63, 3.8) is 0 Å². The molecule has 0 bridgehead atoms. The third-order valence-electron chi connectivity index (χ3n) is 2.85. The fourth-order valence-corrected chi connectivity index (χ4v) is 1.73. The van der Waals surface area contributed by atoms with Gasteiger partial charge in [0.2, 0.25) is 0 Å². The summed E-state index contributed by atoms with van der Waals surface area (Å²) in [5, 5.41) is 12.5. The molecule has 2 rings (SSSR count). The number of rotatable bonds is 4. The summed E-state index contributed by atoms with van der Waals surface area (Å²) < 4.78 is 0. The van der Waals surface area contributed by atoms with E-state index in [0.29, 0.717) is 6.42 Å². The molecule has 2 aromatic rings. The van der Waals surface area contributed by atoms with Gasteiger partial charge in [-0.15, -0.1) is 0 Å². The Morgan fingerprint density at radius 3 is 2.00 bits per heavy atom. The second-order valence-electron chi connectivity index (χ2n) is 4.27. The molecule has 18 heavy (non-hydrogen) atoms. The third-order valence-corrected chi connectivity index (χ3v) is 2.85. The number of aliphatic hydroxyl groups is 1. The maximum Gasteiger partial charge on any atom is 0.124 e. The Kier molecular flexibility index (Phi) is 3.85. The minimum atomic E-state index is -0.493. The van der Waals surface area contributed by atoms with Crippen molar-refractivity contribution in [1.82, 2.24) is 0 Å². The van der Waals surface area contributed by atoms with Gasteiger partial charge in [-0.2, -0.15) is 0 Å². The smallest absolute Gasteiger partial charge is 0.124 e. The van der Waals surface area contributed by atoms with E-state index < -0.39 is 6.23 Å². The lowest BCUT2D eigenvalue weighted by Gasteiger charge is -2.12. The second-order valence-corrected chi connectivity index (χ2v) is 4.27. The first kappa shape index (κ1) is 12.5. The van der Waals surface area contributed by atoms with Gasteiger partial charge in [-0.05, 0) is 41.8 Å².